The fourth-order valence-corrected chi connectivity index (χ4v) is 3.14. The number of nitrogens with zero attached hydrogens (tertiary/aromatic N) is 1. The van der Waals surface area contributed by atoms with Crippen molar-refractivity contribution in [2.24, 2.45) is 0 Å². The quantitative estimate of drug-likeness (QED) is 0.540. The van der Waals surface area contributed by atoms with Crippen molar-refractivity contribution in [3.8, 4) is 0 Å². The van der Waals surface area contributed by atoms with Gasteiger partial charge in [0, 0.05) is 40.1 Å². The van der Waals surface area contributed by atoms with Gasteiger partial charge in [-0.2, -0.15) is 0 Å². The second-order valence-electron chi connectivity index (χ2n) is 5.98. The van der Waals surface area contributed by atoms with Gasteiger partial charge in [0.15, 0.2) is 0 Å². The van der Waals surface area contributed by atoms with Gasteiger partial charge in [0.1, 0.15) is 0 Å². The van der Waals surface area contributed by atoms with Crippen LogP contribution in [0.15, 0.2) is 60.9 Å². The van der Waals surface area contributed by atoms with Gasteiger partial charge < -0.3 is 4.98 Å². The lowest BCUT2D eigenvalue weighted by Gasteiger charge is -2.12. The summed E-state index contributed by atoms with van der Waals surface area (Å²) in [7, 11) is 0. The zero-order chi connectivity index (χ0) is 15.1. The van der Waals surface area contributed by atoms with Crippen LogP contribution in [0.25, 0.3) is 21.8 Å². The molecule has 0 spiro atoms. The third kappa shape index (κ3) is 2.08. The van der Waals surface area contributed by atoms with Gasteiger partial charge in [-0.05, 0) is 54.4 Å². The normalized spacial score (nSPS) is 12.8. The van der Waals surface area contributed by atoms with Gasteiger partial charge in [-0.3, -0.25) is 4.98 Å². The standard InChI is InChI=1S/C20H18N2/c1-13-3-5-19-17(11-13)18-12-16(4-6-20(18)22-19)14(2)15-7-9-21-10-8-15/h3-12,14,22H,1-2H3. The maximum Gasteiger partial charge on any atom is 0.0465 e. The molecule has 1 unspecified atom stereocenters. The zero-order valence-electron chi connectivity index (χ0n) is 12.8. The van der Waals surface area contributed by atoms with Crippen molar-refractivity contribution in [3.63, 3.8) is 0 Å². The van der Waals surface area contributed by atoms with Crippen molar-refractivity contribution >= 4 is 21.8 Å². The summed E-state index contributed by atoms with van der Waals surface area (Å²) in [5.41, 5.74) is 6.33. The first-order valence-electron chi connectivity index (χ1n) is 7.64. The van der Waals surface area contributed by atoms with E-state index in [9.17, 15) is 0 Å². The Labute approximate surface area is 129 Å². The molecule has 22 heavy (non-hydrogen) atoms. The number of aromatic amines is 1. The average Bonchev–Trinajstić information content (AvgIpc) is 2.92. The molecular formula is C20H18N2. The molecule has 2 aromatic carbocycles. The van der Waals surface area contributed by atoms with Crippen LogP contribution in [-0.2, 0) is 0 Å². The Morgan fingerprint density at radius 2 is 1.50 bits per heavy atom. The minimum atomic E-state index is 0.363. The van der Waals surface area contributed by atoms with E-state index in [1.54, 1.807) is 0 Å². The molecule has 4 aromatic rings. The first-order valence-corrected chi connectivity index (χ1v) is 7.64. The van der Waals surface area contributed by atoms with Gasteiger partial charge in [0.25, 0.3) is 0 Å². The molecule has 0 saturated heterocycles. The van der Waals surface area contributed by atoms with E-state index < -0.39 is 0 Å². The summed E-state index contributed by atoms with van der Waals surface area (Å²) in [5, 5.41) is 2.61. The van der Waals surface area contributed by atoms with Crippen LogP contribution >= 0.6 is 0 Å². The van der Waals surface area contributed by atoms with E-state index in [2.05, 4.69) is 72.3 Å². The Kier molecular flexibility index (Phi) is 2.97. The Bertz CT molecular complexity index is 951. The SMILES string of the molecule is Cc1ccc2[nH]c3ccc(C(C)c4ccncc4)cc3c2c1. The molecule has 0 fully saturated rings. The molecule has 0 amide bonds. The summed E-state index contributed by atoms with van der Waals surface area (Å²) in [5.74, 6) is 0.363. The number of rotatable bonds is 2. The largest absolute Gasteiger partial charge is 0.355 e. The number of hydrogen-bond acceptors (Lipinski definition) is 1. The van der Waals surface area contributed by atoms with Crippen LogP contribution in [0.3, 0.4) is 0 Å². The first kappa shape index (κ1) is 13.1. The van der Waals surface area contributed by atoms with E-state index >= 15 is 0 Å². The zero-order valence-corrected chi connectivity index (χ0v) is 12.8. The van der Waals surface area contributed by atoms with E-state index in [0.717, 1.165) is 0 Å². The first-order chi connectivity index (χ1) is 10.7. The fraction of sp³-hybridized carbons (Fsp3) is 0.150. The minimum absolute atomic E-state index is 0.363. The number of aryl methyl sites for hydroxylation is 1. The maximum atomic E-state index is 4.11. The number of fused-ring (bicyclic) bond motifs is 3. The summed E-state index contributed by atoms with van der Waals surface area (Å²) in [4.78, 5) is 7.61. The third-order valence-corrected chi connectivity index (χ3v) is 4.48. The molecule has 2 heterocycles. The van der Waals surface area contributed by atoms with Crippen LogP contribution < -0.4 is 0 Å². The molecule has 0 aliphatic carbocycles. The third-order valence-electron chi connectivity index (χ3n) is 4.48. The molecule has 0 saturated carbocycles. The van der Waals surface area contributed by atoms with Crippen molar-refractivity contribution in [1.82, 2.24) is 9.97 Å². The number of benzene rings is 2. The number of H-pyrrole nitrogens is 1. The minimum Gasteiger partial charge on any atom is -0.355 e. The van der Waals surface area contributed by atoms with Crippen LogP contribution in [0, 0.1) is 6.92 Å². The second kappa shape index (κ2) is 4.99. The van der Waals surface area contributed by atoms with Crippen molar-refractivity contribution in [2.45, 2.75) is 19.8 Å². The van der Waals surface area contributed by atoms with Crippen LogP contribution in [0.5, 0.6) is 0 Å². The highest BCUT2D eigenvalue weighted by Crippen LogP contribution is 2.31. The molecule has 2 nitrogen and oxygen atoms in total. The van der Waals surface area contributed by atoms with Gasteiger partial charge >= 0.3 is 0 Å². The van der Waals surface area contributed by atoms with E-state index in [1.807, 2.05) is 12.4 Å². The maximum absolute atomic E-state index is 4.11. The predicted molar refractivity (Wildman–Crippen MR) is 92.3 cm³/mol. The molecule has 108 valence electrons. The Morgan fingerprint density at radius 1 is 0.818 bits per heavy atom. The molecule has 4 rings (SSSR count). The van der Waals surface area contributed by atoms with Crippen LogP contribution in [0.2, 0.25) is 0 Å². The summed E-state index contributed by atoms with van der Waals surface area (Å²) in [6.45, 7) is 4.39. The molecule has 1 N–H and O–H groups in total. The van der Waals surface area contributed by atoms with Gasteiger partial charge in [-0.15, -0.1) is 0 Å². The highest BCUT2D eigenvalue weighted by molar-refractivity contribution is 6.07. The summed E-state index contributed by atoms with van der Waals surface area (Å²) < 4.78 is 0. The predicted octanol–water partition coefficient (Wildman–Crippen LogP) is 5.18. The lowest BCUT2D eigenvalue weighted by molar-refractivity contribution is 0.920. The highest BCUT2D eigenvalue weighted by Gasteiger charge is 2.11. The summed E-state index contributed by atoms with van der Waals surface area (Å²) in [6, 6.07) is 17.5. The monoisotopic (exact) mass is 286 g/mol. The fourth-order valence-electron chi connectivity index (χ4n) is 3.14. The average molecular weight is 286 g/mol. The second-order valence-corrected chi connectivity index (χ2v) is 5.98. The molecule has 2 aromatic heterocycles. The van der Waals surface area contributed by atoms with Gasteiger partial charge in [0.2, 0.25) is 0 Å². The number of aromatic nitrogens is 2. The van der Waals surface area contributed by atoms with Crippen LogP contribution in [-0.4, -0.2) is 9.97 Å². The van der Waals surface area contributed by atoms with E-state index in [0.29, 0.717) is 5.92 Å². The number of hydrogen-bond donors (Lipinski definition) is 1. The molecule has 1 atom stereocenters. The number of pyridine rings is 1. The molecule has 0 radical (unpaired) electrons. The highest BCUT2D eigenvalue weighted by atomic mass is 14.7. The molecule has 0 aliphatic rings. The van der Waals surface area contributed by atoms with E-state index in [1.165, 1.54) is 38.5 Å². The van der Waals surface area contributed by atoms with Gasteiger partial charge in [0.05, 0.1) is 0 Å². The van der Waals surface area contributed by atoms with E-state index in [-0.39, 0.29) is 0 Å². The van der Waals surface area contributed by atoms with Gasteiger partial charge in [-0.25, -0.2) is 0 Å². The van der Waals surface area contributed by atoms with Crippen molar-refractivity contribution < 1.29 is 0 Å². The summed E-state index contributed by atoms with van der Waals surface area (Å²) in [6.07, 6.45) is 3.72. The summed E-state index contributed by atoms with van der Waals surface area (Å²) >= 11 is 0. The Balaban J connectivity index is 1.89. The van der Waals surface area contributed by atoms with Crippen molar-refractivity contribution in [3.05, 3.63) is 77.6 Å². The topological polar surface area (TPSA) is 28.7 Å². The smallest absolute Gasteiger partial charge is 0.0465 e. The van der Waals surface area contributed by atoms with Crippen LogP contribution in [0.1, 0.15) is 29.5 Å². The molecular weight excluding hydrogens is 268 g/mol. The van der Waals surface area contributed by atoms with Gasteiger partial charge in [-0.1, -0.05) is 24.6 Å². The lowest BCUT2D eigenvalue weighted by atomic mass is 9.93. The van der Waals surface area contributed by atoms with E-state index in [4.69, 9.17) is 0 Å². The molecule has 0 aliphatic heterocycles. The lowest BCUT2D eigenvalue weighted by Crippen LogP contribution is -1.95. The Hall–Kier alpha value is -2.61. The van der Waals surface area contributed by atoms with Crippen molar-refractivity contribution in [1.29, 1.82) is 0 Å². The Morgan fingerprint density at radius 3 is 2.27 bits per heavy atom. The molecule has 0 bridgehead atoms. The van der Waals surface area contributed by atoms with Crippen molar-refractivity contribution in [2.75, 3.05) is 0 Å². The number of nitrogens with one attached hydrogen (secondary N) is 1. The van der Waals surface area contributed by atoms with Crippen LogP contribution in [0.4, 0.5) is 0 Å². The molecule has 2 heteroatoms.